The van der Waals surface area contributed by atoms with Crippen molar-refractivity contribution in [1.29, 1.82) is 0 Å². The second-order valence-corrected chi connectivity index (χ2v) is 11.6. The number of benzene rings is 1. The number of nitrogens with one attached hydrogen (secondary N) is 1. The molecule has 4 aliphatic heterocycles. The van der Waals surface area contributed by atoms with Crippen molar-refractivity contribution in [2.75, 3.05) is 36.5 Å². The van der Waals surface area contributed by atoms with E-state index in [-0.39, 0.29) is 12.1 Å². The number of hydrogen-bond acceptors (Lipinski definition) is 9. The predicted molar refractivity (Wildman–Crippen MR) is 157 cm³/mol. The molecule has 212 valence electrons. The highest BCUT2D eigenvalue weighted by Gasteiger charge is 2.49. The number of aromatic nitrogens is 5. The Bertz CT molecular complexity index is 1660. The number of pyridine rings is 1. The van der Waals surface area contributed by atoms with E-state index >= 15 is 0 Å². The monoisotopic (exact) mass is 554 g/mol. The van der Waals surface area contributed by atoms with Gasteiger partial charge in [0.05, 0.1) is 31.5 Å². The Balaban J connectivity index is 1.15. The van der Waals surface area contributed by atoms with Crippen molar-refractivity contribution in [1.82, 2.24) is 29.2 Å². The third-order valence-electron chi connectivity index (χ3n) is 8.34. The molecule has 0 amide bonds. The topological polar surface area (TPSA) is 114 Å². The van der Waals surface area contributed by atoms with E-state index in [1.807, 2.05) is 12.1 Å². The number of piperazine rings is 1. The lowest BCUT2D eigenvalue weighted by Gasteiger charge is -2.61. The normalized spacial score (nSPS) is 21.0. The second kappa shape index (κ2) is 9.79. The average molecular weight is 555 g/mol. The summed E-state index contributed by atoms with van der Waals surface area (Å²) in [6.07, 6.45) is 4.47. The number of piperidine rings is 1. The first kappa shape index (κ1) is 25.9. The smallest absolute Gasteiger partial charge is 0.278 e. The number of aliphatic hydroxyl groups is 1. The molecule has 4 fully saturated rings. The van der Waals surface area contributed by atoms with Crippen molar-refractivity contribution in [3.05, 3.63) is 77.4 Å². The van der Waals surface area contributed by atoms with E-state index in [9.17, 15) is 9.90 Å². The third-order valence-corrected chi connectivity index (χ3v) is 8.34. The molecule has 7 heterocycles. The van der Waals surface area contributed by atoms with Crippen LogP contribution in [0.2, 0.25) is 0 Å². The van der Waals surface area contributed by atoms with Gasteiger partial charge >= 0.3 is 0 Å². The molecule has 0 spiro atoms. The molecule has 11 heteroatoms. The lowest BCUT2D eigenvalue weighted by Crippen LogP contribution is -2.74. The minimum absolute atomic E-state index is 0.241. The minimum Gasteiger partial charge on any atom is -0.384 e. The standard InChI is InChI=1S/C30H34N8O3/c1-4-12-36-28(39)24-14-31-29(34-27(24)38(36)26-7-5-6-25(33-26)30(2,3)40)32-19-8-10-20(11-9-19)35-15-21-13-22(16-35)37(21)23-17-41-18-23/h4-11,14,21-23,40H,1,12-13,15-18H2,2-3H3,(H,31,32,34). The van der Waals surface area contributed by atoms with Crippen LogP contribution in [0.4, 0.5) is 17.3 Å². The Morgan fingerprint density at radius 2 is 1.85 bits per heavy atom. The molecular formula is C30H34N8O3. The number of fused-ring (bicyclic) bond motifs is 3. The Morgan fingerprint density at radius 3 is 2.51 bits per heavy atom. The van der Waals surface area contributed by atoms with Crippen LogP contribution in [0.1, 0.15) is 26.0 Å². The maximum absolute atomic E-state index is 13.3. The molecule has 4 aliphatic rings. The molecule has 1 aromatic carbocycles. The van der Waals surface area contributed by atoms with Gasteiger partial charge < -0.3 is 20.1 Å². The first-order chi connectivity index (χ1) is 19.8. The Kier molecular flexibility index (Phi) is 6.18. The number of allylic oxidation sites excluding steroid dienone is 1. The van der Waals surface area contributed by atoms with Crippen LogP contribution in [-0.2, 0) is 16.9 Å². The highest BCUT2D eigenvalue weighted by atomic mass is 16.5. The summed E-state index contributed by atoms with van der Waals surface area (Å²) < 4.78 is 8.59. The fraction of sp³-hybridized carbons (Fsp3) is 0.400. The molecule has 2 bridgehead atoms. The molecule has 0 saturated carbocycles. The lowest BCUT2D eigenvalue weighted by atomic mass is 9.84. The van der Waals surface area contributed by atoms with Gasteiger partial charge in [-0.3, -0.25) is 9.69 Å². The molecular weight excluding hydrogens is 520 g/mol. The van der Waals surface area contributed by atoms with E-state index in [0.29, 0.717) is 46.6 Å². The van der Waals surface area contributed by atoms with Crippen LogP contribution in [0.3, 0.4) is 0 Å². The summed E-state index contributed by atoms with van der Waals surface area (Å²) in [6, 6.07) is 15.5. The van der Waals surface area contributed by atoms with E-state index < -0.39 is 5.60 Å². The van der Waals surface area contributed by atoms with Crippen LogP contribution in [0.25, 0.3) is 16.9 Å². The van der Waals surface area contributed by atoms with Crippen molar-refractivity contribution >= 4 is 28.4 Å². The zero-order chi connectivity index (χ0) is 28.3. The number of rotatable bonds is 8. The van der Waals surface area contributed by atoms with Crippen molar-refractivity contribution in [3.63, 3.8) is 0 Å². The van der Waals surface area contributed by atoms with Crippen LogP contribution in [0, 0.1) is 0 Å². The van der Waals surface area contributed by atoms with E-state index in [1.165, 1.54) is 23.0 Å². The molecule has 0 radical (unpaired) electrons. The van der Waals surface area contributed by atoms with Gasteiger partial charge in [0, 0.05) is 42.7 Å². The van der Waals surface area contributed by atoms with E-state index in [1.54, 1.807) is 42.8 Å². The largest absolute Gasteiger partial charge is 0.384 e. The SMILES string of the molecule is C=CCn1c(=O)c2cnc(Nc3ccc(N4CC5CC(C4)N5C4COC4)cc3)nc2n1-c1cccc(C(C)(C)O)n1. The number of hydrogen-bond donors (Lipinski definition) is 2. The molecule has 41 heavy (non-hydrogen) atoms. The molecule has 3 aromatic heterocycles. The second-order valence-electron chi connectivity index (χ2n) is 11.6. The Morgan fingerprint density at radius 1 is 1.10 bits per heavy atom. The van der Waals surface area contributed by atoms with Crippen LogP contribution in [0.15, 0.2) is 66.1 Å². The summed E-state index contributed by atoms with van der Waals surface area (Å²) >= 11 is 0. The van der Waals surface area contributed by atoms with Gasteiger partial charge in [-0.15, -0.1) is 6.58 Å². The fourth-order valence-electron chi connectivity index (χ4n) is 6.22. The molecule has 2 unspecified atom stereocenters. The van der Waals surface area contributed by atoms with Gasteiger partial charge in [-0.25, -0.2) is 19.3 Å². The van der Waals surface area contributed by atoms with Crippen molar-refractivity contribution in [2.45, 2.75) is 50.5 Å². The number of nitrogens with zero attached hydrogens (tertiary/aromatic N) is 7. The van der Waals surface area contributed by atoms with Gasteiger partial charge in [0.25, 0.3) is 5.56 Å². The van der Waals surface area contributed by atoms with Crippen LogP contribution < -0.4 is 15.8 Å². The van der Waals surface area contributed by atoms with Crippen molar-refractivity contribution in [2.24, 2.45) is 0 Å². The first-order valence-corrected chi connectivity index (χ1v) is 14.1. The summed E-state index contributed by atoms with van der Waals surface area (Å²) in [6.45, 7) is 11.2. The molecule has 11 nitrogen and oxygen atoms in total. The molecule has 2 atom stereocenters. The van der Waals surface area contributed by atoms with E-state index in [4.69, 9.17) is 9.72 Å². The maximum Gasteiger partial charge on any atom is 0.278 e. The van der Waals surface area contributed by atoms with Gasteiger partial charge in [0.1, 0.15) is 11.0 Å². The van der Waals surface area contributed by atoms with Gasteiger partial charge in [-0.05, 0) is 56.7 Å². The summed E-state index contributed by atoms with van der Waals surface area (Å²) in [7, 11) is 0. The van der Waals surface area contributed by atoms with Crippen molar-refractivity contribution < 1.29 is 9.84 Å². The first-order valence-electron chi connectivity index (χ1n) is 14.1. The molecule has 0 aliphatic carbocycles. The predicted octanol–water partition coefficient (Wildman–Crippen LogP) is 2.80. The molecule has 8 rings (SSSR count). The van der Waals surface area contributed by atoms with E-state index in [0.717, 1.165) is 32.0 Å². The zero-order valence-electron chi connectivity index (χ0n) is 23.3. The highest BCUT2D eigenvalue weighted by Crippen LogP contribution is 2.38. The Hall–Kier alpha value is -4.06. The minimum atomic E-state index is -1.14. The molecule has 2 N–H and O–H groups in total. The maximum atomic E-state index is 13.3. The van der Waals surface area contributed by atoms with Crippen molar-refractivity contribution in [3.8, 4) is 5.82 Å². The summed E-state index contributed by atoms with van der Waals surface area (Å²) in [4.78, 5) is 32.2. The average Bonchev–Trinajstić information content (AvgIpc) is 3.21. The Labute approximate surface area is 237 Å². The van der Waals surface area contributed by atoms with Crippen LogP contribution >= 0.6 is 0 Å². The van der Waals surface area contributed by atoms with E-state index in [2.05, 4.69) is 43.8 Å². The van der Waals surface area contributed by atoms with Crippen LogP contribution in [-0.4, -0.2) is 78.8 Å². The van der Waals surface area contributed by atoms with Gasteiger partial charge in [0.2, 0.25) is 5.95 Å². The quantitative estimate of drug-likeness (QED) is 0.318. The zero-order valence-corrected chi connectivity index (χ0v) is 23.3. The lowest BCUT2D eigenvalue weighted by molar-refractivity contribution is -0.141. The number of anilines is 3. The molecule has 4 aromatic rings. The van der Waals surface area contributed by atoms with Gasteiger partial charge in [-0.1, -0.05) is 12.1 Å². The molecule has 4 saturated heterocycles. The summed E-state index contributed by atoms with van der Waals surface area (Å²) in [5, 5.41) is 14.2. The third kappa shape index (κ3) is 4.50. The summed E-state index contributed by atoms with van der Waals surface area (Å²) in [5.74, 6) is 0.835. The van der Waals surface area contributed by atoms with Gasteiger partial charge in [-0.2, -0.15) is 4.98 Å². The van der Waals surface area contributed by atoms with Gasteiger partial charge in [0.15, 0.2) is 11.5 Å². The highest BCUT2D eigenvalue weighted by molar-refractivity contribution is 5.77. The fourth-order valence-corrected chi connectivity index (χ4v) is 6.22. The summed E-state index contributed by atoms with van der Waals surface area (Å²) in [5.41, 5.74) is 1.58. The number of ether oxygens (including phenoxy) is 1. The van der Waals surface area contributed by atoms with Crippen LogP contribution in [0.5, 0.6) is 0 Å².